The minimum atomic E-state index is -1.08. The highest BCUT2D eigenvalue weighted by molar-refractivity contribution is 6.31. The zero-order chi connectivity index (χ0) is 90.2. The van der Waals surface area contributed by atoms with Crippen LogP contribution in [0.1, 0.15) is 27.8 Å². The van der Waals surface area contributed by atoms with Crippen LogP contribution in [0.5, 0.6) is 0 Å². The van der Waals surface area contributed by atoms with E-state index in [-0.39, 0.29) is 62.3 Å². The fraction of sp³-hybridized carbons (Fsp3) is 0.245. The number of halogens is 3. The quantitative estimate of drug-likeness (QED) is 0.0159. The van der Waals surface area contributed by atoms with E-state index in [1.165, 1.54) is 12.6 Å². The lowest BCUT2D eigenvalue weighted by molar-refractivity contribution is -0.138. The summed E-state index contributed by atoms with van der Waals surface area (Å²) in [5.41, 5.74) is 14.0. The van der Waals surface area contributed by atoms with Crippen molar-refractivity contribution in [2.75, 3.05) is 114 Å². The van der Waals surface area contributed by atoms with Gasteiger partial charge in [-0.1, -0.05) is 205 Å². The first-order valence-electron chi connectivity index (χ1n) is 41.2. The van der Waals surface area contributed by atoms with E-state index in [1.807, 2.05) is 246 Å². The third-order valence-corrected chi connectivity index (χ3v) is 20.5. The Bertz CT molecular complexity index is 6110. The van der Waals surface area contributed by atoms with Gasteiger partial charge < -0.3 is 100 Å². The molecular weight excluding hydrogens is 1690 g/mol. The largest absolute Gasteiger partial charge is 0.480 e. The Morgan fingerprint density at radius 3 is 1.02 bits per heavy atom. The number of aromatic nitrogens is 10. The number of hydrogen-bond donors (Lipinski definition) is 11. The summed E-state index contributed by atoms with van der Waals surface area (Å²) in [4.78, 5) is 93.7. The van der Waals surface area contributed by atoms with Gasteiger partial charge in [0, 0.05) is 95.8 Å². The minimum Gasteiger partial charge on any atom is -0.480 e. The smallest absolute Gasteiger partial charge is 0.322 e. The van der Waals surface area contributed by atoms with E-state index in [0.717, 1.165) is 96.5 Å². The van der Waals surface area contributed by atoms with Crippen LogP contribution in [0.4, 0.5) is 29.7 Å². The van der Waals surface area contributed by atoms with Crippen LogP contribution >= 0.6 is 34.8 Å². The number of ether oxygens (including phenoxy) is 4. The average molecular weight is 1800 g/mol. The van der Waals surface area contributed by atoms with Gasteiger partial charge in [-0.2, -0.15) is 0 Å². The van der Waals surface area contributed by atoms with E-state index in [2.05, 4.69) is 95.9 Å². The molecule has 0 unspecified atom stereocenters. The summed E-state index contributed by atoms with van der Waals surface area (Å²) >= 11 is 18.5. The van der Waals surface area contributed by atoms with Crippen molar-refractivity contribution in [1.82, 2.24) is 74.3 Å². The first kappa shape index (κ1) is 94.7. The van der Waals surface area contributed by atoms with Crippen molar-refractivity contribution in [2.45, 2.75) is 65.4 Å². The highest BCUT2D eigenvalue weighted by atomic mass is 35.5. The van der Waals surface area contributed by atoms with Crippen molar-refractivity contribution in [1.29, 1.82) is 0 Å². The molecular formula is C94H103Cl3N20O11. The van der Waals surface area contributed by atoms with Crippen LogP contribution in [-0.2, 0) is 113 Å². The summed E-state index contributed by atoms with van der Waals surface area (Å²) in [6, 6.07) is 81.7. The summed E-state index contributed by atoms with van der Waals surface area (Å²) in [6.07, 6.45) is 0. The van der Waals surface area contributed by atoms with Crippen LogP contribution in [0, 0.1) is 0 Å². The van der Waals surface area contributed by atoms with Crippen LogP contribution in [0.15, 0.2) is 255 Å². The third-order valence-electron chi connectivity index (χ3n) is 19.5. The molecule has 0 aliphatic heterocycles. The summed E-state index contributed by atoms with van der Waals surface area (Å²) in [5, 5.41) is 40.4. The van der Waals surface area contributed by atoms with Crippen LogP contribution < -0.4 is 53.2 Å². The Morgan fingerprint density at radius 1 is 0.328 bits per heavy atom. The number of likely N-dealkylation sites (N-methyl/N-ethyl adjacent to an activating group) is 1. The number of hydrogen-bond acceptors (Lipinski definition) is 20. The van der Waals surface area contributed by atoms with Gasteiger partial charge in [0.25, 0.3) is 0 Å². The fourth-order valence-electron chi connectivity index (χ4n) is 13.2. The summed E-state index contributed by atoms with van der Waals surface area (Å²) in [6.45, 7) is 7.32. The predicted octanol–water partition coefficient (Wildman–Crippen LogP) is 13.5. The van der Waals surface area contributed by atoms with Gasteiger partial charge in [0.05, 0.1) is 94.7 Å². The molecule has 5 amide bonds. The number of methoxy groups -OCH3 is 3. The molecule has 31 nitrogen and oxygen atoms in total. The van der Waals surface area contributed by atoms with Crippen molar-refractivity contribution in [3.63, 3.8) is 0 Å². The van der Waals surface area contributed by atoms with Crippen molar-refractivity contribution in [3.8, 4) is 0 Å². The van der Waals surface area contributed by atoms with Crippen LogP contribution in [0.25, 0.3) is 55.2 Å². The van der Waals surface area contributed by atoms with Gasteiger partial charge in [0.15, 0.2) is 0 Å². The normalized spacial score (nSPS) is 10.8. The number of para-hydroxylation sites is 10. The second-order valence-corrected chi connectivity index (χ2v) is 29.8. The first-order valence-corrected chi connectivity index (χ1v) is 42.4. The Morgan fingerprint density at radius 2 is 0.648 bits per heavy atom. The maximum absolute atomic E-state index is 12.3. The van der Waals surface area contributed by atoms with E-state index in [0.29, 0.717) is 111 Å². The number of fused-ring (bicyclic) bond motifs is 5. The zero-order valence-electron chi connectivity index (χ0n) is 71.3. The molecule has 0 spiro atoms. The number of anilines is 5. The molecule has 0 aliphatic rings. The first-order chi connectivity index (χ1) is 62.4. The number of imidazole rings is 5. The fourth-order valence-corrected chi connectivity index (χ4v) is 13.8. The van der Waals surface area contributed by atoms with Gasteiger partial charge >= 0.3 is 5.97 Å². The lowest BCUT2D eigenvalue weighted by atomic mass is 10.2. The Hall–Kier alpha value is -13.9. The van der Waals surface area contributed by atoms with E-state index in [9.17, 15) is 28.8 Å². The highest BCUT2D eigenvalue weighted by Gasteiger charge is 2.20. The van der Waals surface area contributed by atoms with Crippen LogP contribution in [0.2, 0.25) is 15.1 Å². The number of nitrogens with zero attached hydrogens (tertiary/aromatic N) is 10. The Balaban J connectivity index is 0.000000155. The van der Waals surface area contributed by atoms with E-state index in [1.54, 1.807) is 30.5 Å². The number of nitrogens with one attached hydrogen (secondary N) is 10. The molecule has 11 N–H and O–H groups in total. The van der Waals surface area contributed by atoms with Crippen molar-refractivity contribution in [3.05, 3.63) is 298 Å². The van der Waals surface area contributed by atoms with Gasteiger partial charge in [-0.15, -0.1) is 0 Å². The summed E-state index contributed by atoms with van der Waals surface area (Å²) < 4.78 is 30.0. The molecule has 128 heavy (non-hydrogen) atoms. The number of aliphatic carboxylic acids is 1. The van der Waals surface area contributed by atoms with Gasteiger partial charge in [-0.25, -0.2) is 24.9 Å². The molecule has 0 radical (unpaired) electrons. The number of carbonyl (C=O) groups excluding carboxylic acids is 5. The predicted molar refractivity (Wildman–Crippen MR) is 503 cm³/mol. The summed E-state index contributed by atoms with van der Waals surface area (Å²) in [7, 11) is 6.41. The van der Waals surface area contributed by atoms with E-state index >= 15 is 0 Å². The van der Waals surface area contributed by atoms with Gasteiger partial charge in [-0.3, -0.25) is 28.8 Å². The second kappa shape index (κ2) is 50.3. The van der Waals surface area contributed by atoms with Crippen LogP contribution in [-0.4, -0.2) is 176 Å². The van der Waals surface area contributed by atoms with Crippen molar-refractivity contribution < 1.29 is 52.8 Å². The second-order valence-electron chi connectivity index (χ2n) is 28.6. The third kappa shape index (κ3) is 28.8. The molecule has 5 aromatic heterocycles. The molecule has 0 fully saturated rings. The standard InChI is InChI=1S/C19H20ClN5O2.2C19H21ClN4O2.C19H23N3O2.C18H18N4O3/c1-21-17(26)11-22-18(27)12-25-16-9-5-4-8-15(16)24-19(25)23-10-13-6-2-3-7-14(13)20;1-26-10-9-21-18(25)13-24-17-8-3-2-7-16(17)23-19(24)22-12-14-5-4-6-15(20)11-14;1-26-11-10-21-18(25)13-24-17-9-5-4-8-16(17)23-19(24)22-12-14-6-2-3-7-15(14)20;1-23-13-14-24-12-11-22-18-10-6-5-9-17(18)21-19(22)20-15-16-7-3-2-4-8-16;23-16(19-11-17(24)25)12-22-15-9-5-4-8-14(15)21-18(22)20-10-13-6-2-1-3-7-13/h2-9H,10-12H2,1H3,(H,21,26)(H,22,27)(H,23,24);2-8,11H,9-10,12-13H2,1H3,(H,21,25)(H,22,23);2-9H,10-13H2,1H3,(H,21,25)(H,22,23);2-10H,11-15H2,1H3,(H,20,21);1-9H,10-12H2,(H,19,23)(H,20,21)(H,24,25). The van der Waals surface area contributed by atoms with E-state index < -0.39 is 12.5 Å². The molecule has 666 valence electrons. The van der Waals surface area contributed by atoms with Crippen molar-refractivity contribution in [2.24, 2.45) is 0 Å². The molecule has 15 aromatic rings. The van der Waals surface area contributed by atoms with Crippen molar-refractivity contribution >= 4 is 155 Å². The summed E-state index contributed by atoms with van der Waals surface area (Å²) in [5.74, 6) is 1.11. The molecule has 15 rings (SSSR count). The van der Waals surface area contributed by atoms with Gasteiger partial charge in [0.1, 0.15) is 32.7 Å². The van der Waals surface area contributed by atoms with Gasteiger partial charge in [-0.05, 0) is 113 Å². The maximum Gasteiger partial charge on any atom is 0.322 e. The SMILES string of the molecule is CNC(=O)CNC(=O)Cn1c(NCc2ccccc2Cl)nc2ccccc21.COCCNC(=O)Cn1c(NCc2cccc(Cl)c2)nc2ccccc21.COCCNC(=O)Cn1c(NCc2ccccc2Cl)nc2ccccc21.COCCOCCn1c(NCc2ccccc2)nc2ccccc21.O=C(O)CNC(=O)Cn1c(NCc2ccccc2)nc2ccccc21. The number of carboxylic acids is 1. The Kier molecular flexibility index (Phi) is 37.2. The monoisotopic (exact) mass is 1790 g/mol. The number of amides is 5. The molecule has 5 heterocycles. The lowest BCUT2D eigenvalue weighted by Crippen LogP contribution is -2.37. The maximum atomic E-state index is 12.3. The highest BCUT2D eigenvalue weighted by Crippen LogP contribution is 2.28. The molecule has 0 bridgehead atoms. The molecule has 0 atom stereocenters. The number of carbonyl (C=O) groups is 6. The molecule has 0 saturated carbocycles. The zero-order valence-corrected chi connectivity index (χ0v) is 73.6. The number of benzene rings is 10. The number of rotatable bonds is 39. The van der Waals surface area contributed by atoms with Crippen LogP contribution in [0.3, 0.4) is 0 Å². The molecule has 0 aliphatic carbocycles. The number of carboxylic acid groups (broad SMARTS) is 1. The van der Waals surface area contributed by atoms with E-state index in [4.69, 9.17) is 63.8 Å². The van der Waals surface area contributed by atoms with Gasteiger partial charge in [0.2, 0.25) is 59.3 Å². The molecule has 0 saturated heterocycles. The molecule has 10 aromatic carbocycles. The average Bonchev–Trinajstić information content (AvgIpc) is 1.68. The molecule has 34 heteroatoms. The lowest BCUT2D eigenvalue weighted by Gasteiger charge is -2.12. The topological polar surface area (TPSA) is 369 Å². The minimum absolute atomic E-state index is 0.00901. The Labute approximate surface area is 755 Å².